The molecule has 3 nitrogen and oxygen atoms in total. The predicted molar refractivity (Wildman–Crippen MR) is 134 cm³/mol. The van der Waals surface area contributed by atoms with Gasteiger partial charge in [-0.3, -0.25) is 0 Å². The molecule has 4 rings (SSSR count). The average molecular weight is 427 g/mol. The largest absolute Gasteiger partial charge is 0.489 e. The summed E-state index contributed by atoms with van der Waals surface area (Å²) in [6, 6.07) is 25.8. The van der Waals surface area contributed by atoms with Crippen molar-refractivity contribution < 1.29 is 4.74 Å². The van der Waals surface area contributed by atoms with Crippen molar-refractivity contribution in [3.63, 3.8) is 0 Å². The lowest BCUT2D eigenvalue weighted by molar-refractivity contribution is 0.301. The molecule has 0 spiro atoms. The standard InChI is InChI=1S/C29H34N2O/c1-21(2)26-17-24(15-16-29(26)32-20-23-11-7-6-8-12-23)18-31-22(3)27(19-30(4)5)25-13-9-10-14-28(25)31/h6-17,21H,18-20H2,1-5H3. The SMILES string of the molecule is Cc1c(CN(C)C)c2ccccc2n1Cc1ccc(OCc2ccccc2)c(C(C)C)c1. The molecule has 0 N–H and O–H groups in total. The van der Waals surface area contributed by atoms with Gasteiger partial charge in [-0.05, 0) is 61.3 Å². The van der Waals surface area contributed by atoms with Gasteiger partial charge < -0.3 is 14.2 Å². The maximum atomic E-state index is 6.22. The first kappa shape index (κ1) is 22.2. The second-order valence-electron chi connectivity index (χ2n) is 9.21. The zero-order chi connectivity index (χ0) is 22.7. The van der Waals surface area contributed by atoms with Crippen LogP contribution in [0.5, 0.6) is 5.75 Å². The quantitative estimate of drug-likeness (QED) is 0.310. The van der Waals surface area contributed by atoms with Gasteiger partial charge in [0, 0.05) is 29.7 Å². The predicted octanol–water partition coefficient (Wildman–Crippen LogP) is 6.76. The molecular weight excluding hydrogens is 392 g/mol. The number of ether oxygens (including phenoxy) is 1. The van der Waals surface area contributed by atoms with E-state index in [1.54, 1.807) is 0 Å². The number of aromatic nitrogens is 1. The Bertz CT molecular complexity index is 1190. The van der Waals surface area contributed by atoms with Crippen molar-refractivity contribution in [3.05, 3.63) is 101 Å². The van der Waals surface area contributed by atoms with Gasteiger partial charge in [0.15, 0.2) is 0 Å². The number of hydrogen-bond acceptors (Lipinski definition) is 2. The first-order valence-electron chi connectivity index (χ1n) is 11.4. The molecule has 3 heteroatoms. The topological polar surface area (TPSA) is 17.4 Å². The first-order valence-corrected chi connectivity index (χ1v) is 11.4. The summed E-state index contributed by atoms with van der Waals surface area (Å²) in [5, 5.41) is 1.35. The van der Waals surface area contributed by atoms with Gasteiger partial charge in [-0.1, -0.05) is 74.5 Å². The van der Waals surface area contributed by atoms with E-state index >= 15 is 0 Å². The molecule has 0 amide bonds. The van der Waals surface area contributed by atoms with Crippen LogP contribution in [0.25, 0.3) is 10.9 Å². The molecule has 4 aromatic rings. The van der Waals surface area contributed by atoms with Gasteiger partial charge in [0.2, 0.25) is 0 Å². The van der Waals surface area contributed by atoms with Gasteiger partial charge >= 0.3 is 0 Å². The molecule has 0 aliphatic carbocycles. The van der Waals surface area contributed by atoms with Crippen LogP contribution < -0.4 is 4.74 Å². The lowest BCUT2D eigenvalue weighted by Gasteiger charge is -2.17. The molecule has 3 aromatic carbocycles. The van der Waals surface area contributed by atoms with Crippen LogP contribution in [0.15, 0.2) is 72.8 Å². The summed E-state index contributed by atoms with van der Waals surface area (Å²) in [5.74, 6) is 1.38. The number of rotatable bonds is 8. The van der Waals surface area contributed by atoms with Crippen molar-refractivity contribution in [2.24, 2.45) is 0 Å². The molecular formula is C29H34N2O. The molecule has 1 aromatic heterocycles. The highest BCUT2D eigenvalue weighted by molar-refractivity contribution is 5.85. The molecule has 0 radical (unpaired) electrons. The van der Waals surface area contributed by atoms with Gasteiger partial charge in [0.25, 0.3) is 0 Å². The Kier molecular flexibility index (Phi) is 6.66. The van der Waals surface area contributed by atoms with Crippen molar-refractivity contribution >= 4 is 10.9 Å². The summed E-state index contributed by atoms with van der Waals surface area (Å²) in [7, 11) is 4.27. The average Bonchev–Trinajstić information content (AvgIpc) is 3.04. The molecule has 0 aliphatic rings. The van der Waals surface area contributed by atoms with Crippen molar-refractivity contribution in [1.29, 1.82) is 0 Å². The molecule has 0 fully saturated rings. The fourth-order valence-corrected chi connectivity index (χ4v) is 4.42. The Hall–Kier alpha value is -3.04. The fraction of sp³-hybridized carbons (Fsp3) is 0.310. The summed E-state index contributed by atoms with van der Waals surface area (Å²) in [6.45, 7) is 9.12. The Morgan fingerprint density at radius 2 is 1.59 bits per heavy atom. The number of nitrogens with zero attached hydrogens (tertiary/aromatic N) is 2. The van der Waals surface area contributed by atoms with E-state index < -0.39 is 0 Å². The minimum absolute atomic E-state index is 0.396. The van der Waals surface area contributed by atoms with Gasteiger partial charge in [0.05, 0.1) is 0 Å². The Morgan fingerprint density at radius 1 is 0.875 bits per heavy atom. The van der Waals surface area contributed by atoms with Crippen LogP contribution in [0.3, 0.4) is 0 Å². The van der Waals surface area contributed by atoms with Crippen molar-refractivity contribution in [1.82, 2.24) is 9.47 Å². The van der Waals surface area contributed by atoms with Gasteiger partial charge in [-0.2, -0.15) is 0 Å². The molecule has 0 bridgehead atoms. The molecule has 32 heavy (non-hydrogen) atoms. The number of para-hydroxylation sites is 1. The highest BCUT2D eigenvalue weighted by Gasteiger charge is 2.16. The smallest absolute Gasteiger partial charge is 0.123 e. The second kappa shape index (κ2) is 9.62. The highest BCUT2D eigenvalue weighted by atomic mass is 16.5. The Balaban J connectivity index is 1.64. The first-order chi connectivity index (χ1) is 15.4. The molecule has 166 valence electrons. The van der Waals surface area contributed by atoms with Crippen LogP contribution in [-0.2, 0) is 19.7 Å². The third kappa shape index (κ3) is 4.73. The zero-order valence-electron chi connectivity index (χ0n) is 19.9. The summed E-state index contributed by atoms with van der Waals surface area (Å²) >= 11 is 0. The minimum atomic E-state index is 0.396. The molecule has 0 saturated heterocycles. The maximum absolute atomic E-state index is 6.22. The lowest BCUT2D eigenvalue weighted by Crippen LogP contribution is -2.12. The molecule has 0 unspecified atom stereocenters. The van der Waals surface area contributed by atoms with Crippen molar-refractivity contribution in [3.8, 4) is 5.75 Å². The molecule has 0 saturated carbocycles. The molecule has 0 aliphatic heterocycles. The van der Waals surface area contributed by atoms with Crippen molar-refractivity contribution in [2.75, 3.05) is 14.1 Å². The van der Waals surface area contributed by atoms with E-state index in [-0.39, 0.29) is 0 Å². The van der Waals surface area contributed by atoms with Gasteiger partial charge in [-0.15, -0.1) is 0 Å². The second-order valence-corrected chi connectivity index (χ2v) is 9.21. The number of benzene rings is 3. The van der Waals surface area contributed by atoms with Gasteiger partial charge in [0.1, 0.15) is 12.4 Å². The summed E-state index contributed by atoms with van der Waals surface area (Å²) in [6.07, 6.45) is 0. The fourth-order valence-electron chi connectivity index (χ4n) is 4.42. The Labute approximate surface area is 192 Å². The van der Waals surface area contributed by atoms with E-state index in [4.69, 9.17) is 4.74 Å². The van der Waals surface area contributed by atoms with Crippen LogP contribution in [0, 0.1) is 6.92 Å². The minimum Gasteiger partial charge on any atom is -0.489 e. The number of hydrogen-bond donors (Lipinski definition) is 0. The van der Waals surface area contributed by atoms with Crippen LogP contribution >= 0.6 is 0 Å². The summed E-state index contributed by atoms with van der Waals surface area (Å²) < 4.78 is 8.68. The normalized spacial score (nSPS) is 11.6. The third-order valence-corrected chi connectivity index (χ3v) is 6.11. The summed E-state index contributed by atoms with van der Waals surface area (Å²) in [5.41, 5.74) is 7.82. The van der Waals surface area contributed by atoms with E-state index in [9.17, 15) is 0 Å². The third-order valence-electron chi connectivity index (χ3n) is 6.11. The summed E-state index contributed by atoms with van der Waals surface area (Å²) in [4.78, 5) is 2.24. The molecule has 1 heterocycles. The van der Waals surface area contributed by atoms with Crippen LogP contribution in [0.4, 0.5) is 0 Å². The zero-order valence-corrected chi connectivity index (χ0v) is 19.9. The van der Waals surface area contributed by atoms with Crippen molar-refractivity contribution in [2.45, 2.75) is 46.4 Å². The number of fused-ring (bicyclic) bond motifs is 1. The van der Waals surface area contributed by atoms with E-state index in [2.05, 4.69) is 111 Å². The van der Waals surface area contributed by atoms with E-state index in [1.807, 2.05) is 6.07 Å². The Morgan fingerprint density at radius 3 is 2.31 bits per heavy atom. The monoisotopic (exact) mass is 426 g/mol. The highest BCUT2D eigenvalue weighted by Crippen LogP contribution is 2.31. The van der Waals surface area contributed by atoms with Crippen LogP contribution in [-0.4, -0.2) is 23.6 Å². The van der Waals surface area contributed by atoms with E-state index in [0.717, 1.165) is 18.8 Å². The lowest BCUT2D eigenvalue weighted by atomic mass is 9.99. The maximum Gasteiger partial charge on any atom is 0.123 e. The van der Waals surface area contributed by atoms with Crippen LogP contribution in [0.2, 0.25) is 0 Å². The van der Waals surface area contributed by atoms with Gasteiger partial charge in [-0.25, -0.2) is 0 Å². The molecule has 0 atom stereocenters. The van der Waals surface area contributed by atoms with E-state index in [1.165, 1.54) is 38.9 Å². The van der Waals surface area contributed by atoms with E-state index in [0.29, 0.717) is 12.5 Å². The van der Waals surface area contributed by atoms with Crippen LogP contribution in [0.1, 0.15) is 47.7 Å².